The maximum atomic E-state index is 10.9. The number of rotatable bonds is 3. The van der Waals surface area contributed by atoms with Crippen LogP contribution in [0.15, 0.2) is 40.8 Å². The number of hydrogen-bond donors (Lipinski definition) is 1. The van der Waals surface area contributed by atoms with Crippen LogP contribution in [0.1, 0.15) is 16.1 Å². The van der Waals surface area contributed by atoms with Gasteiger partial charge in [-0.15, -0.1) is 0 Å². The first-order valence-corrected chi connectivity index (χ1v) is 5.63. The fraction of sp³-hybridized carbons (Fsp3) is 0.0909. The van der Waals surface area contributed by atoms with E-state index in [1.54, 1.807) is 24.5 Å². The second-order valence-corrected chi connectivity index (χ2v) is 4.31. The minimum atomic E-state index is -1.06. The fourth-order valence-electron chi connectivity index (χ4n) is 1.17. The molecule has 17 heavy (non-hydrogen) atoms. The highest BCUT2D eigenvalue weighted by Crippen LogP contribution is 2.26. The van der Waals surface area contributed by atoms with Gasteiger partial charge in [0.15, 0.2) is 10.9 Å². The van der Waals surface area contributed by atoms with Gasteiger partial charge in [-0.3, -0.25) is 0 Å². The van der Waals surface area contributed by atoms with Gasteiger partial charge in [0.1, 0.15) is 0 Å². The van der Waals surface area contributed by atoms with Crippen LogP contribution in [-0.2, 0) is 0 Å². The van der Waals surface area contributed by atoms with Crippen LogP contribution in [0.4, 0.5) is 0 Å². The molecule has 0 aliphatic heterocycles. The number of aryl methyl sites for hydroxylation is 1. The zero-order valence-electron chi connectivity index (χ0n) is 8.99. The zero-order valence-corrected chi connectivity index (χ0v) is 9.81. The summed E-state index contributed by atoms with van der Waals surface area (Å²) in [5, 5.41) is 9.48. The van der Waals surface area contributed by atoms with Crippen molar-refractivity contribution in [2.75, 3.05) is 0 Å². The van der Waals surface area contributed by atoms with E-state index in [0.717, 1.165) is 5.56 Å². The lowest BCUT2D eigenvalue weighted by atomic mass is 10.3. The number of pyridine rings is 1. The first-order chi connectivity index (χ1) is 8.16. The molecule has 86 valence electrons. The molecule has 5 nitrogen and oxygen atoms in total. The number of aromatic carboxylic acids is 1. The van der Waals surface area contributed by atoms with Crippen molar-refractivity contribution in [2.24, 2.45) is 0 Å². The van der Waals surface area contributed by atoms with Crippen LogP contribution in [0.5, 0.6) is 0 Å². The summed E-state index contributed by atoms with van der Waals surface area (Å²) in [6.07, 6.45) is 4.82. The van der Waals surface area contributed by atoms with Crippen LogP contribution in [0.2, 0.25) is 0 Å². The van der Waals surface area contributed by atoms with Crippen molar-refractivity contribution >= 4 is 17.7 Å². The second-order valence-electron chi connectivity index (χ2n) is 3.30. The van der Waals surface area contributed by atoms with E-state index in [9.17, 15) is 4.79 Å². The number of carboxylic acids is 1. The number of hydrogen-bond acceptors (Lipinski definition) is 5. The topological polar surface area (TPSA) is 76.0 Å². The van der Waals surface area contributed by atoms with Crippen molar-refractivity contribution < 1.29 is 9.90 Å². The average molecular weight is 247 g/mol. The van der Waals surface area contributed by atoms with Gasteiger partial charge in [0.2, 0.25) is 0 Å². The molecule has 0 saturated heterocycles. The van der Waals surface area contributed by atoms with Gasteiger partial charge in [-0.1, -0.05) is 0 Å². The number of carbonyl (C=O) groups is 1. The lowest BCUT2D eigenvalue weighted by Gasteiger charge is -2.03. The minimum Gasteiger partial charge on any atom is -0.476 e. The zero-order chi connectivity index (χ0) is 12.3. The highest BCUT2D eigenvalue weighted by atomic mass is 32.2. The highest BCUT2D eigenvalue weighted by molar-refractivity contribution is 7.99. The Kier molecular flexibility index (Phi) is 3.34. The van der Waals surface area contributed by atoms with Gasteiger partial charge in [0, 0.05) is 23.5 Å². The molecular weight excluding hydrogens is 238 g/mol. The van der Waals surface area contributed by atoms with Gasteiger partial charge in [0.25, 0.3) is 0 Å². The average Bonchev–Trinajstić information content (AvgIpc) is 2.32. The standard InChI is InChI=1S/C11H9N3O2S/c1-7-5-13-11(14-6-7)17-8-3-2-4-12-9(8)10(15)16/h2-6H,1H3,(H,15,16). The predicted molar refractivity (Wildman–Crippen MR) is 62.1 cm³/mol. The van der Waals surface area contributed by atoms with Crippen molar-refractivity contribution in [3.8, 4) is 0 Å². The smallest absolute Gasteiger partial charge is 0.355 e. The van der Waals surface area contributed by atoms with Crippen LogP contribution in [-0.4, -0.2) is 26.0 Å². The summed E-state index contributed by atoms with van der Waals surface area (Å²) < 4.78 is 0. The van der Waals surface area contributed by atoms with Crippen molar-refractivity contribution in [3.05, 3.63) is 42.0 Å². The van der Waals surface area contributed by atoms with Crippen LogP contribution >= 0.6 is 11.8 Å². The summed E-state index contributed by atoms with van der Waals surface area (Å²) in [5.74, 6) is -1.06. The van der Waals surface area contributed by atoms with E-state index in [1.807, 2.05) is 6.92 Å². The maximum Gasteiger partial charge on any atom is 0.355 e. The third-order valence-corrected chi connectivity index (χ3v) is 2.87. The van der Waals surface area contributed by atoms with Crippen molar-refractivity contribution in [1.29, 1.82) is 0 Å². The SMILES string of the molecule is Cc1cnc(Sc2cccnc2C(=O)O)nc1. The Balaban J connectivity index is 2.30. The number of aromatic nitrogens is 3. The summed E-state index contributed by atoms with van der Waals surface area (Å²) in [4.78, 5) is 23.5. The van der Waals surface area contributed by atoms with Gasteiger partial charge >= 0.3 is 5.97 Å². The predicted octanol–water partition coefficient (Wildman–Crippen LogP) is 2.03. The Labute approximate surface area is 102 Å². The van der Waals surface area contributed by atoms with Crippen LogP contribution in [0.25, 0.3) is 0 Å². The first kappa shape index (κ1) is 11.5. The quantitative estimate of drug-likeness (QED) is 0.836. The van der Waals surface area contributed by atoms with E-state index in [1.165, 1.54) is 18.0 Å². The van der Waals surface area contributed by atoms with Crippen LogP contribution in [0.3, 0.4) is 0 Å². The molecule has 0 bridgehead atoms. The van der Waals surface area contributed by atoms with E-state index in [4.69, 9.17) is 5.11 Å². The van der Waals surface area contributed by atoms with Crippen molar-refractivity contribution in [2.45, 2.75) is 17.0 Å². The maximum absolute atomic E-state index is 10.9. The van der Waals surface area contributed by atoms with E-state index >= 15 is 0 Å². The molecule has 0 amide bonds. The molecular formula is C11H9N3O2S. The first-order valence-electron chi connectivity index (χ1n) is 4.81. The van der Waals surface area contributed by atoms with E-state index in [-0.39, 0.29) is 5.69 Å². The number of carboxylic acid groups (broad SMARTS) is 1. The Morgan fingerprint density at radius 1 is 1.29 bits per heavy atom. The number of nitrogens with zero attached hydrogens (tertiary/aromatic N) is 3. The van der Waals surface area contributed by atoms with Gasteiger partial charge < -0.3 is 5.11 Å². The molecule has 0 unspecified atom stereocenters. The third kappa shape index (κ3) is 2.79. The van der Waals surface area contributed by atoms with Gasteiger partial charge in [-0.25, -0.2) is 19.7 Å². The van der Waals surface area contributed by atoms with Gasteiger partial charge in [-0.2, -0.15) is 0 Å². The molecule has 0 fully saturated rings. The fourth-order valence-corrected chi connectivity index (χ4v) is 1.96. The molecule has 2 heterocycles. The minimum absolute atomic E-state index is 0.0154. The lowest BCUT2D eigenvalue weighted by molar-refractivity contribution is 0.0686. The molecule has 0 aliphatic rings. The molecule has 2 aromatic rings. The molecule has 2 rings (SSSR count). The molecule has 2 aromatic heterocycles. The summed E-state index contributed by atoms with van der Waals surface area (Å²) >= 11 is 1.19. The molecule has 0 spiro atoms. The highest BCUT2D eigenvalue weighted by Gasteiger charge is 2.12. The largest absolute Gasteiger partial charge is 0.476 e. The summed E-state index contributed by atoms with van der Waals surface area (Å²) in [6, 6.07) is 3.37. The summed E-state index contributed by atoms with van der Waals surface area (Å²) in [5.41, 5.74) is 0.973. The van der Waals surface area contributed by atoms with E-state index in [0.29, 0.717) is 10.1 Å². The molecule has 0 radical (unpaired) electrons. The summed E-state index contributed by atoms with van der Waals surface area (Å²) in [7, 11) is 0. The molecule has 0 atom stereocenters. The van der Waals surface area contributed by atoms with Gasteiger partial charge in [0.05, 0.1) is 0 Å². The Morgan fingerprint density at radius 3 is 2.65 bits per heavy atom. The Morgan fingerprint density at radius 2 is 2.00 bits per heavy atom. The van der Waals surface area contributed by atoms with Crippen molar-refractivity contribution in [3.63, 3.8) is 0 Å². The second kappa shape index (κ2) is 4.92. The molecule has 0 aliphatic carbocycles. The van der Waals surface area contributed by atoms with Gasteiger partial charge in [-0.05, 0) is 36.4 Å². The normalized spacial score (nSPS) is 10.2. The van der Waals surface area contributed by atoms with E-state index < -0.39 is 5.97 Å². The van der Waals surface area contributed by atoms with Crippen LogP contribution < -0.4 is 0 Å². The van der Waals surface area contributed by atoms with E-state index in [2.05, 4.69) is 15.0 Å². The molecule has 0 saturated carbocycles. The Hall–Kier alpha value is -1.95. The molecule has 6 heteroatoms. The third-order valence-electron chi connectivity index (χ3n) is 1.93. The molecule has 1 N–H and O–H groups in total. The Bertz CT molecular complexity index is 543. The monoisotopic (exact) mass is 247 g/mol. The summed E-state index contributed by atoms with van der Waals surface area (Å²) in [6.45, 7) is 1.89. The van der Waals surface area contributed by atoms with Crippen LogP contribution in [0, 0.1) is 6.92 Å². The molecule has 0 aromatic carbocycles. The lowest BCUT2D eigenvalue weighted by Crippen LogP contribution is -2.02. The van der Waals surface area contributed by atoms with Crippen molar-refractivity contribution in [1.82, 2.24) is 15.0 Å².